The first-order chi connectivity index (χ1) is 5.54. The van der Waals surface area contributed by atoms with Crippen molar-refractivity contribution in [2.24, 2.45) is 0 Å². The fourth-order valence-corrected chi connectivity index (χ4v) is 1.76. The maximum absolute atomic E-state index is 2.38. The minimum Gasteiger partial charge on any atom is -0.354 e. The second kappa shape index (κ2) is 3.38. The van der Waals surface area contributed by atoms with Crippen molar-refractivity contribution in [1.29, 1.82) is 0 Å². The highest BCUT2D eigenvalue weighted by molar-refractivity contribution is 4.97. The summed E-state index contributed by atoms with van der Waals surface area (Å²) < 4.78 is 0. The van der Waals surface area contributed by atoms with Crippen LogP contribution in [0.1, 0.15) is 34.6 Å². The third-order valence-corrected chi connectivity index (χ3v) is 2.47. The lowest BCUT2D eigenvalue weighted by molar-refractivity contribution is 0.120. The van der Waals surface area contributed by atoms with Gasteiger partial charge in [-0.1, -0.05) is 0 Å². The van der Waals surface area contributed by atoms with E-state index in [1.807, 2.05) is 0 Å². The summed E-state index contributed by atoms with van der Waals surface area (Å²) in [5.41, 5.74) is 0. The van der Waals surface area contributed by atoms with Crippen LogP contribution < -0.4 is 0 Å². The molecule has 2 nitrogen and oxygen atoms in total. The molecule has 0 fully saturated rings. The Balaban J connectivity index is 2.62. The molecule has 1 aliphatic rings. The number of rotatable bonds is 2. The van der Waals surface area contributed by atoms with E-state index < -0.39 is 0 Å². The van der Waals surface area contributed by atoms with E-state index in [-0.39, 0.29) is 0 Å². The van der Waals surface area contributed by atoms with Crippen molar-refractivity contribution >= 4 is 0 Å². The lowest BCUT2D eigenvalue weighted by Gasteiger charge is -2.34. The van der Waals surface area contributed by atoms with Crippen LogP contribution >= 0.6 is 0 Å². The molecule has 1 heterocycles. The van der Waals surface area contributed by atoms with Crippen LogP contribution in [0.5, 0.6) is 0 Å². The van der Waals surface area contributed by atoms with Crippen molar-refractivity contribution in [2.45, 2.75) is 52.9 Å². The lowest BCUT2D eigenvalue weighted by Crippen LogP contribution is -2.42. The molecule has 1 rings (SSSR count). The zero-order valence-electron chi connectivity index (χ0n) is 8.78. The van der Waals surface area contributed by atoms with Crippen molar-refractivity contribution in [1.82, 2.24) is 9.80 Å². The average molecular weight is 168 g/mol. The largest absolute Gasteiger partial charge is 0.354 e. The van der Waals surface area contributed by atoms with Crippen molar-refractivity contribution in [3.8, 4) is 0 Å². The molecule has 0 N–H and O–H groups in total. The molecule has 0 atom stereocenters. The monoisotopic (exact) mass is 168 g/mol. The Kier molecular flexibility index (Phi) is 2.65. The molecule has 0 aromatic heterocycles. The van der Waals surface area contributed by atoms with Crippen molar-refractivity contribution in [3.63, 3.8) is 0 Å². The molecule has 12 heavy (non-hydrogen) atoms. The van der Waals surface area contributed by atoms with Crippen LogP contribution in [0.15, 0.2) is 12.4 Å². The van der Waals surface area contributed by atoms with Crippen molar-refractivity contribution in [2.75, 3.05) is 0 Å². The summed E-state index contributed by atoms with van der Waals surface area (Å²) in [5.74, 6) is 0. The molecule has 0 aromatic carbocycles. The van der Waals surface area contributed by atoms with Gasteiger partial charge < -0.3 is 9.80 Å². The first-order valence-corrected chi connectivity index (χ1v) is 4.77. The molecule has 0 saturated heterocycles. The molecule has 2 heteroatoms. The molecular formula is C10H20N2. The summed E-state index contributed by atoms with van der Waals surface area (Å²) >= 11 is 0. The van der Waals surface area contributed by atoms with E-state index >= 15 is 0 Å². The summed E-state index contributed by atoms with van der Waals surface area (Å²) in [6.07, 6.45) is 4.90. The van der Waals surface area contributed by atoms with Crippen LogP contribution in [0.2, 0.25) is 0 Å². The van der Waals surface area contributed by atoms with Crippen molar-refractivity contribution < 1.29 is 0 Å². The van der Waals surface area contributed by atoms with Crippen LogP contribution in [0.25, 0.3) is 0 Å². The van der Waals surface area contributed by atoms with E-state index in [9.17, 15) is 0 Å². The van der Waals surface area contributed by atoms with E-state index in [0.29, 0.717) is 18.2 Å². The predicted molar refractivity (Wildman–Crippen MR) is 52.6 cm³/mol. The van der Waals surface area contributed by atoms with Gasteiger partial charge in [0.1, 0.15) is 0 Å². The third-order valence-electron chi connectivity index (χ3n) is 2.47. The second-order valence-electron chi connectivity index (χ2n) is 4.01. The maximum atomic E-state index is 2.38. The molecular weight excluding hydrogens is 148 g/mol. The minimum absolute atomic E-state index is 0.519. The maximum Gasteiger partial charge on any atom is 0.0982 e. The fraction of sp³-hybridized carbons (Fsp3) is 0.800. The third kappa shape index (κ3) is 1.57. The summed E-state index contributed by atoms with van der Waals surface area (Å²) in [6.45, 7) is 11.2. The normalized spacial score (nSPS) is 18.9. The van der Waals surface area contributed by atoms with Crippen LogP contribution in [0.3, 0.4) is 0 Å². The quantitative estimate of drug-likeness (QED) is 0.624. The van der Waals surface area contributed by atoms with Crippen molar-refractivity contribution in [3.05, 3.63) is 12.4 Å². The number of hydrogen-bond acceptors (Lipinski definition) is 2. The zero-order valence-corrected chi connectivity index (χ0v) is 8.78. The van der Waals surface area contributed by atoms with Crippen LogP contribution in [0.4, 0.5) is 0 Å². The summed E-state index contributed by atoms with van der Waals surface area (Å²) in [7, 11) is 0. The summed E-state index contributed by atoms with van der Waals surface area (Å²) in [5, 5.41) is 0. The highest BCUT2D eigenvalue weighted by atomic mass is 15.4. The fourth-order valence-electron chi connectivity index (χ4n) is 1.76. The Morgan fingerprint density at radius 1 is 0.917 bits per heavy atom. The highest BCUT2D eigenvalue weighted by Gasteiger charge is 2.24. The van der Waals surface area contributed by atoms with E-state index in [2.05, 4.69) is 56.8 Å². The SMILES string of the molecule is CC(C)N1C=CN(C(C)C)C1C. The Morgan fingerprint density at radius 2 is 1.25 bits per heavy atom. The molecule has 0 spiro atoms. The summed E-state index contributed by atoms with van der Waals surface area (Å²) in [6, 6.07) is 1.19. The van der Waals surface area contributed by atoms with E-state index in [1.165, 1.54) is 0 Å². The highest BCUT2D eigenvalue weighted by Crippen LogP contribution is 2.20. The topological polar surface area (TPSA) is 6.48 Å². The summed E-state index contributed by atoms with van der Waals surface area (Å²) in [4.78, 5) is 4.75. The number of nitrogens with zero attached hydrogens (tertiary/aromatic N) is 2. The van der Waals surface area contributed by atoms with Crippen LogP contribution in [-0.4, -0.2) is 28.0 Å². The van der Waals surface area contributed by atoms with Gasteiger partial charge in [-0.05, 0) is 34.6 Å². The van der Waals surface area contributed by atoms with Gasteiger partial charge in [-0.25, -0.2) is 0 Å². The Labute approximate surface area is 75.8 Å². The first-order valence-electron chi connectivity index (χ1n) is 4.77. The van der Waals surface area contributed by atoms with Gasteiger partial charge in [0.2, 0.25) is 0 Å². The second-order valence-corrected chi connectivity index (χ2v) is 4.01. The molecule has 0 saturated carbocycles. The zero-order chi connectivity index (χ0) is 9.30. The van der Waals surface area contributed by atoms with E-state index in [4.69, 9.17) is 0 Å². The van der Waals surface area contributed by atoms with Gasteiger partial charge in [0, 0.05) is 24.5 Å². The van der Waals surface area contributed by atoms with Crippen LogP contribution in [-0.2, 0) is 0 Å². The average Bonchev–Trinajstić information content (AvgIpc) is 2.30. The predicted octanol–water partition coefficient (Wildman–Crippen LogP) is 2.24. The van der Waals surface area contributed by atoms with Gasteiger partial charge in [0.25, 0.3) is 0 Å². The Morgan fingerprint density at radius 3 is 1.42 bits per heavy atom. The lowest BCUT2D eigenvalue weighted by atomic mass is 10.3. The Hall–Kier alpha value is -0.660. The molecule has 0 bridgehead atoms. The van der Waals surface area contributed by atoms with E-state index in [0.717, 1.165) is 0 Å². The van der Waals surface area contributed by atoms with Gasteiger partial charge >= 0.3 is 0 Å². The molecule has 1 aliphatic heterocycles. The van der Waals surface area contributed by atoms with Gasteiger partial charge in [-0.2, -0.15) is 0 Å². The molecule has 70 valence electrons. The van der Waals surface area contributed by atoms with E-state index in [1.54, 1.807) is 0 Å². The molecule has 0 aromatic rings. The van der Waals surface area contributed by atoms with Gasteiger partial charge in [-0.3, -0.25) is 0 Å². The van der Waals surface area contributed by atoms with Gasteiger partial charge in [0.15, 0.2) is 0 Å². The Bertz CT molecular complexity index is 155. The molecule has 0 aliphatic carbocycles. The van der Waals surface area contributed by atoms with Gasteiger partial charge in [0.05, 0.1) is 6.17 Å². The molecule has 0 unspecified atom stereocenters. The van der Waals surface area contributed by atoms with Crippen LogP contribution in [0, 0.1) is 0 Å². The number of hydrogen-bond donors (Lipinski definition) is 0. The molecule has 0 radical (unpaired) electrons. The minimum atomic E-state index is 0.519. The standard InChI is InChI=1S/C10H20N2/c1-8(2)11-6-7-12(9(3)4)10(11)5/h6-10H,1-5H3. The first kappa shape index (κ1) is 9.43. The smallest absolute Gasteiger partial charge is 0.0982 e. The van der Waals surface area contributed by atoms with Gasteiger partial charge in [-0.15, -0.1) is 0 Å². The molecule has 0 amide bonds.